The predicted octanol–water partition coefficient (Wildman–Crippen LogP) is 1.18. The van der Waals surface area contributed by atoms with Gasteiger partial charge in [0.2, 0.25) is 0 Å². The molecule has 22 heavy (non-hydrogen) atoms. The lowest BCUT2D eigenvalue weighted by molar-refractivity contribution is 0.352. The second-order valence-electron chi connectivity index (χ2n) is 5.53. The first-order valence-electron chi connectivity index (χ1n) is 7.82. The van der Waals surface area contributed by atoms with Gasteiger partial charge in [0.05, 0.1) is 0 Å². The fourth-order valence-corrected chi connectivity index (χ4v) is 2.66. The molecule has 1 fully saturated rings. The highest BCUT2D eigenvalue weighted by Gasteiger charge is 2.10. The molecule has 3 N–H and O–H groups in total. The van der Waals surface area contributed by atoms with Crippen LogP contribution in [0, 0.1) is 6.92 Å². The molecule has 3 heterocycles. The van der Waals surface area contributed by atoms with Gasteiger partial charge in [-0.1, -0.05) is 0 Å². The Morgan fingerprint density at radius 3 is 2.82 bits per heavy atom. The first-order chi connectivity index (χ1) is 10.8. The maximum atomic E-state index is 4.44. The molecule has 1 saturated heterocycles. The van der Waals surface area contributed by atoms with E-state index in [0.717, 1.165) is 36.4 Å². The number of likely N-dealkylation sites (tertiary alicyclic amines) is 1. The highest BCUT2D eigenvalue weighted by molar-refractivity contribution is 5.74. The van der Waals surface area contributed by atoms with E-state index in [1.807, 2.05) is 19.1 Å². The maximum absolute atomic E-state index is 4.44. The molecule has 0 spiro atoms. The topological polar surface area (TPSA) is 77.5 Å². The number of hydrogen-bond donors (Lipinski definition) is 3. The summed E-state index contributed by atoms with van der Waals surface area (Å²) in [5, 5.41) is 9.79. The van der Waals surface area contributed by atoms with Crippen molar-refractivity contribution in [2.45, 2.75) is 19.8 Å². The van der Waals surface area contributed by atoms with E-state index in [1.54, 1.807) is 6.21 Å². The van der Waals surface area contributed by atoms with Crippen LogP contribution >= 0.6 is 0 Å². The largest absolute Gasteiger partial charge is 0.369 e. The normalized spacial score (nSPS) is 18.0. The lowest BCUT2D eigenvalue weighted by Gasteiger charge is -2.16. The second-order valence-corrected chi connectivity index (χ2v) is 5.53. The Labute approximate surface area is 130 Å². The van der Waals surface area contributed by atoms with Crippen LogP contribution in [0.1, 0.15) is 18.7 Å². The van der Waals surface area contributed by atoms with Gasteiger partial charge in [-0.2, -0.15) is 0 Å². The van der Waals surface area contributed by atoms with Crippen LogP contribution in [-0.2, 0) is 0 Å². The zero-order valence-corrected chi connectivity index (χ0v) is 13.0. The van der Waals surface area contributed by atoms with Gasteiger partial charge in [0, 0.05) is 25.4 Å². The molecule has 7 heteroatoms. The number of aliphatic imine (C=N–C) groups is 1. The van der Waals surface area contributed by atoms with Crippen molar-refractivity contribution in [1.82, 2.24) is 20.2 Å². The van der Waals surface area contributed by atoms with Crippen LogP contribution in [-0.4, -0.2) is 53.9 Å². The predicted molar refractivity (Wildman–Crippen MR) is 89.1 cm³/mol. The van der Waals surface area contributed by atoms with Crippen LogP contribution in [0.4, 0.5) is 11.6 Å². The summed E-state index contributed by atoms with van der Waals surface area (Å²) in [5.74, 6) is 3.29. The minimum absolute atomic E-state index is 0.587. The molecule has 118 valence electrons. The number of nitrogens with zero attached hydrogens (tertiary/aromatic N) is 4. The summed E-state index contributed by atoms with van der Waals surface area (Å²) in [6.07, 6.45) is 6.32. The molecule has 1 aromatic heterocycles. The molecule has 0 atom stereocenters. The van der Waals surface area contributed by atoms with Crippen molar-refractivity contribution < 1.29 is 0 Å². The van der Waals surface area contributed by atoms with E-state index in [0.29, 0.717) is 6.67 Å². The zero-order chi connectivity index (χ0) is 15.2. The summed E-state index contributed by atoms with van der Waals surface area (Å²) in [5.41, 5.74) is 0. The van der Waals surface area contributed by atoms with E-state index in [1.165, 1.54) is 25.9 Å². The maximum Gasteiger partial charge on any atom is 0.137 e. The van der Waals surface area contributed by atoms with Crippen molar-refractivity contribution in [2.24, 2.45) is 4.99 Å². The van der Waals surface area contributed by atoms with Gasteiger partial charge in [-0.25, -0.2) is 9.97 Å². The van der Waals surface area contributed by atoms with E-state index in [-0.39, 0.29) is 0 Å². The van der Waals surface area contributed by atoms with Gasteiger partial charge in [-0.15, -0.1) is 0 Å². The van der Waals surface area contributed by atoms with E-state index in [4.69, 9.17) is 0 Å². The van der Waals surface area contributed by atoms with Gasteiger partial charge in [0.25, 0.3) is 0 Å². The minimum atomic E-state index is 0.587. The number of rotatable bonds is 6. The van der Waals surface area contributed by atoms with Crippen LogP contribution < -0.4 is 16.0 Å². The first-order valence-corrected chi connectivity index (χ1v) is 7.82. The monoisotopic (exact) mass is 301 g/mol. The molecule has 0 aliphatic carbocycles. The third kappa shape index (κ3) is 4.17. The van der Waals surface area contributed by atoms with Gasteiger partial charge in [-0.3, -0.25) is 4.99 Å². The number of aryl methyl sites for hydroxylation is 1. The van der Waals surface area contributed by atoms with E-state index in [2.05, 4.69) is 35.8 Å². The molecular weight excluding hydrogens is 278 g/mol. The smallest absolute Gasteiger partial charge is 0.137 e. The van der Waals surface area contributed by atoms with Crippen molar-refractivity contribution in [2.75, 3.05) is 43.5 Å². The van der Waals surface area contributed by atoms with E-state index < -0.39 is 0 Å². The Hall–Kier alpha value is -2.15. The van der Waals surface area contributed by atoms with Crippen molar-refractivity contribution >= 4 is 17.9 Å². The Morgan fingerprint density at radius 1 is 1.23 bits per heavy atom. The third-order valence-electron chi connectivity index (χ3n) is 3.74. The Kier molecular flexibility index (Phi) is 4.85. The highest BCUT2D eigenvalue weighted by Crippen LogP contribution is 2.13. The molecule has 2 aliphatic rings. The van der Waals surface area contributed by atoms with Gasteiger partial charge in [0.1, 0.15) is 29.9 Å². The van der Waals surface area contributed by atoms with Crippen LogP contribution in [0.2, 0.25) is 0 Å². The number of aromatic nitrogens is 2. The molecule has 7 nitrogen and oxygen atoms in total. The lowest BCUT2D eigenvalue weighted by atomic mass is 10.4. The van der Waals surface area contributed by atoms with Gasteiger partial charge in [0.15, 0.2) is 0 Å². The summed E-state index contributed by atoms with van der Waals surface area (Å²) in [6, 6.07) is 1.94. The van der Waals surface area contributed by atoms with Gasteiger partial charge < -0.3 is 20.9 Å². The summed E-state index contributed by atoms with van der Waals surface area (Å²) < 4.78 is 0. The fourth-order valence-electron chi connectivity index (χ4n) is 2.66. The molecule has 0 unspecified atom stereocenters. The first kappa shape index (κ1) is 14.8. The van der Waals surface area contributed by atoms with Crippen LogP contribution in [0.5, 0.6) is 0 Å². The molecular formula is C15H23N7. The summed E-state index contributed by atoms with van der Waals surface area (Å²) in [4.78, 5) is 15.4. The SMILES string of the molecule is Cc1nc(NCCN2CCCC2)cc(NC2=CC=NCN2)n1. The van der Waals surface area contributed by atoms with E-state index in [9.17, 15) is 0 Å². The Morgan fingerprint density at radius 2 is 2.05 bits per heavy atom. The van der Waals surface area contributed by atoms with E-state index >= 15 is 0 Å². The molecule has 0 saturated carbocycles. The molecule has 1 aromatic rings. The average Bonchev–Trinajstić information content (AvgIpc) is 3.01. The van der Waals surface area contributed by atoms with Crippen molar-refractivity contribution in [3.8, 4) is 0 Å². The summed E-state index contributed by atoms with van der Waals surface area (Å²) in [6.45, 7) is 6.90. The third-order valence-corrected chi connectivity index (χ3v) is 3.74. The summed E-state index contributed by atoms with van der Waals surface area (Å²) >= 11 is 0. The lowest BCUT2D eigenvalue weighted by Crippen LogP contribution is -2.26. The standard InChI is InChI=1S/C15H23N7/c1-12-19-14(17-6-9-22-7-2-3-8-22)10-15(20-12)21-13-4-5-16-11-18-13/h4-5,10,18H,2-3,6-9,11H2,1H3,(H2,17,19,20,21). The van der Waals surface area contributed by atoms with Crippen molar-refractivity contribution in [3.63, 3.8) is 0 Å². The highest BCUT2D eigenvalue weighted by atomic mass is 15.2. The zero-order valence-electron chi connectivity index (χ0n) is 13.0. The number of hydrogen-bond acceptors (Lipinski definition) is 7. The minimum Gasteiger partial charge on any atom is -0.369 e. The fraction of sp³-hybridized carbons (Fsp3) is 0.533. The Bertz CT molecular complexity index is 561. The molecule has 2 aliphatic heterocycles. The second kappa shape index (κ2) is 7.22. The van der Waals surface area contributed by atoms with Crippen LogP contribution in [0.15, 0.2) is 23.0 Å². The average molecular weight is 301 g/mol. The van der Waals surface area contributed by atoms with Crippen LogP contribution in [0.25, 0.3) is 0 Å². The molecule has 0 aromatic carbocycles. The molecule has 0 bridgehead atoms. The molecule has 3 rings (SSSR count). The van der Waals surface area contributed by atoms with Crippen LogP contribution in [0.3, 0.4) is 0 Å². The number of allylic oxidation sites excluding steroid dienone is 1. The summed E-state index contributed by atoms with van der Waals surface area (Å²) in [7, 11) is 0. The number of anilines is 2. The quantitative estimate of drug-likeness (QED) is 0.732. The molecule has 0 radical (unpaired) electrons. The number of nitrogens with one attached hydrogen (secondary N) is 3. The Balaban J connectivity index is 1.56. The van der Waals surface area contributed by atoms with Crippen molar-refractivity contribution in [3.05, 3.63) is 23.8 Å². The van der Waals surface area contributed by atoms with Gasteiger partial charge >= 0.3 is 0 Å². The van der Waals surface area contributed by atoms with Crippen molar-refractivity contribution in [1.29, 1.82) is 0 Å². The van der Waals surface area contributed by atoms with Gasteiger partial charge in [-0.05, 0) is 38.9 Å². The molecule has 0 amide bonds.